The third kappa shape index (κ3) is 2.30. The molecule has 1 aliphatic heterocycles. The molecule has 2 rings (SSSR count). The Morgan fingerprint density at radius 1 is 1.53 bits per heavy atom. The summed E-state index contributed by atoms with van der Waals surface area (Å²) in [6, 6.07) is -0.281. The Kier molecular flexibility index (Phi) is 3.12. The smallest absolute Gasteiger partial charge is 0.240 e. The fourth-order valence-electron chi connectivity index (χ4n) is 2.22. The fraction of sp³-hybridized carbons (Fsp3) is 0.545. The minimum absolute atomic E-state index is 0.222. The van der Waals surface area contributed by atoms with Crippen LogP contribution in [0.15, 0.2) is 6.20 Å². The number of hydrogen-bond acceptors (Lipinski definition) is 5. The topological polar surface area (TPSA) is 98.1 Å². The maximum absolute atomic E-state index is 11.4. The first kappa shape index (κ1) is 11.6. The summed E-state index contributed by atoms with van der Waals surface area (Å²) in [5, 5.41) is 0. The van der Waals surface area contributed by atoms with E-state index in [-0.39, 0.29) is 17.9 Å². The van der Waals surface area contributed by atoms with Crippen molar-refractivity contribution >= 4 is 17.7 Å². The maximum Gasteiger partial charge on any atom is 0.240 e. The van der Waals surface area contributed by atoms with Crippen molar-refractivity contribution in [1.82, 2.24) is 9.97 Å². The van der Waals surface area contributed by atoms with Crippen molar-refractivity contribution in [2.24, 2.45) is 5.73 Å². The van der Waals surface area contributed by atoms with Crippen LogP contribution in [0.25, 0.3) is 0 Å². The molecule has 0 aliphatic carbocycles. The summed E-state index contributed by atoms with van der Waals surface area (Å²) in [5.74, 6) is 0.640. The lowest BCUT2D eigenvalue weighted by molar-refractivity contribution is -0.119. The highest BCUT2D eigenvalue weighted by Gasteiger charge is 2.28. The van der Waals surface area contributed by atoms with E-state index in [9.17, 15) is 4.79 Å². The highest BCUT2D eigenvalue weighted by molar-refractivity contribution is 5.83. The molecule has 17 heavy (non-hydrogen) atoms. The van der Waals surface area contributed by atoms with Crippen molar-refractivity contribution in [3.63, 3.8) is 0 Å². The van der Waals surface area contributed by atoms with E-state index in [2.05, 4.69) is 9.97 Å². The number of rotatable bonds is 2. The van der Waals surface area contributed by atoms with Gasteiger partial charge in [0.15, 0.2) is 0 Å². The third-order valence-corrected chi connectivity index (χ3v) is 3.07. The summed E-state index contributed by atoms with van der Waals surface area (Å²) in [6.45, 7) is 2.69. The second kappa shape index (κ2) is 4.57. The third-order valence-electron chi connectivity index (χ3n) is 3.07. The molecule has 6 nitrogen and oxygen atoms in total. The predicted molar refractivity (Wildman–Crippen MR) is 65.4 cm³/mol. The molecule has 1 unspecified atom stereocenters. The number of primary amides is 1. The van der Waals surface area contributed by atoms with Gasteiger partial charge in [-0.05, 0) is 26.2 Å². The van der Waals surface area contributed by atoms with Crippen LogP contribution >= 0.6 is 0 Å². The standard InChI is InChI=1S/C11H17N5O/c1-7-6-14-11(13)15-10(7)16-5-3-2-4-8(16)9(12)17/h6,8H,2-5H2,1H3,(H2,12,17)(H2,13,14,15). The molecule has 6 heteroatoms. The van der Waals surface area contributed by atoms with Gasteiger partial charge >= 0.3 is 0 Å². The van der Waals surface area contributed by atoms with Crippen LogP contribution in [0.4, 0.5) is 11.8 Å². The van der Waals surface area contributed by atoms with Gasteiger partial charge in [-0.25, -0.2) is 4.98 Å². The van der Waals surface area contributed by atoms with E-state index < -0.39 is 0 Å². The Morgan fingerprint density at radius 2 is 2.29 bits per heavy atom. The number of carbonyl (C=O) groups is 1. The number of nitrogen functional groups attached to an aromatic ring is 1. The van der Waals surface area contributed by atoms with E-state index in [1.165, 1.54) is 0 Å². The van der Waals surface area contributed by atoms with Crippen LogP contribution in [0.1, 0.15) is 24.8 Å². The number of nitrogens with zero attached hydrogens (tertiary/aromatic N) is 3. The summed E-state index contributed by atoms with van der Waals surface area (Å²) in [4.78, 5) is 21.5. The van der Waals surface area contributed by atoms with Gasteiger partial charge in [0.2, 0.25) is 11.9 Å². The second-order valence-corrected chi connectivity index (χ2v) is 4.34. The SMILES string of the molecule is Cc1cnc(N)nc1N1CCCCC1C(N)=O. The molecule has 0 saturated carbocycles. The van der Waals surface area contributed by atoms with Crippen molar-refractivity contribution < 1.29 is 4.79 Å². The highest BCUT2D eigenvalue weighted by atomic mass is 16.1. The molecule has 1 amide bonds. The molecule has 4 N–H and O–H groups in total. The monoisotopic (exact) mass is 235 g/mol. The van der Waals surface area contributed by atoms with Crippen molar-refractivity contribution in [3.8, 4) is 0 Å². The zero-order valence-corrected chi connectivity index (χ0v) is 9.89. The lowest BCUT2D eigenvalue weighted by atomic mass is 10.0. The van der Waals surface area contributed by atoms with Gasteiger partial charge in [0.1, 0.15) is 11.9 Å². The first-order valence-corrected chi connectivity index (χ1v) is 5.74. The molecule has 1 aliphatic rings. The molecule has 1 saturated heterocycles. The van der Waals surface area contributed by atoms with E-state index in [4.69, 9.17) is 11.5 Å². The van der Waals surface area contributed by atoms with Crippen molar-refractivity contribution in [2.45, 2.75) is 32.2 Å². The van der Waals surface area contributed by atoms with Crippen LogP contribution in [0.2, 0.25) is 0 Å². The number of aryl methyl sites for hydroxylation is 1. The van der Waals surface area contributed by atoms with Crippen molar-refractivity contribution in [2.75, 3.05) is 17.2 Å². The molecule has 1 aromatic heterocycles. The largest absolute Gasteiger partial charge is 0.368 e. The number of nitrogens with two attached hydrogens (primary N) is 2. The number of carbonyl (C=O) groups excluding carboxylic acids is 1. The molecular formula is C11H17N5O. The molecule has 92 valence electrons. The summed E-state index contributed by atoms with van der Waals surface area (Å²) < 4.78 is 0. The quantitative estimate of drug-likeness (QED) is 0.763. The average Bonchev–Trinajstić information content (AvgIpc) is 2.32. The van der Waals surface area contributed by atoms with Gasteiger partial charge in [-0.15, -0.1) is 0 Å². The molecule has 0 radical (unpaired) electrons. The van der Waals surface area contributed by atoms with E-state index in [0.717, 1.165) is 37.2 Å². The van der Waals surface area contributed by atoms with E-state index >= 15 is 0 Å². The highest BCUT2D eigenvalue weighted by Crippen LogP contribution is 2.25. The number of anilines is 2. The number of hydrogen-bond donors (Lipinski definition) is 2. The lowest BCUT2D eigenvalue weighted by Gasteiger charge is -2.35. The molecular weight excluding hydrogens is 218 g/mol. The van der Waals surface area contributed by atoms with Crippen LogP contribution in [0.3, 0.4) is 0 Å². The Labute approximate surface area is 100 Å². The molecule has 1 atom stereocenters. The van der Waals surface area contributed by atoms with Crippen LogP contribution in [-0.2, 0) is 4.79 Å². The molecule has 0 aromatic carbocycles. The first-order chi connectivity index (χ1) is 8.09. The van der Waals surface area contributed by atoms with Gasteiger partial charge in [0.25, 0.3) is 0 Å². The normalized spacial score (nSPS) is 20.3. The number of piperidine rings is 1. The van der Waals surface area contributed by atoms with Gasteiger partial charge in [0.05, 0.1) is 0 Å². The summed E-state index contributed by atoms with van der Waals surface area (Å²) in [5.41, 5.74) is 11.9. The van der Waals surface area contributed by atoms with Gasteiger partial charge in [-0.3, -0.25) is 4.79 Å². The lowest BCUT2D eigenvalue weighted by Crippen LogP contribution is -2.48. The van der Waals surface area contributed by atoms with E-state index in [1.807, 2.05) is 11.8 Å². The van der Waals surface area contributed by atoms with Crippen molar-refractivity contribution in [1.29, 1.82) is 0 Å². The summed E-state index contributed by atoms with van der Waals surface area (Å²) >= 11 is 0. The van der Waals surface area contributed by atoms with Gasteiger partial charge < -0.3 is 16.4 Å². The van der Waals surface area contributed by atoms with Crippen LogP contribution in [-0.4, -0.2) is 28.5 Å². The Balaban J connectivity index is 2.35. The molecule has 2 heterocycles. The Morgan fingerprint density at radius 3 is 3.00 bits per heavy atom. The summed E-state index contributed by atoms with van der Waals surface area (Å²) in [7, 11) is 0. The molecule has 0 spiro atoms. The zero-order chi connectivity index (χ0) is 12.4. The van der Waals surface area contributed by atoms with Gasteiger partial charge in [-0.1, -0.05) is 0 Å². The van der Waals surface area contributed by atoms with E-state index in [1.54, 1.807) is 6.20 Å². The zero-order valence-electron chi connectivity index (χ0n) is 9.89. The Bertz CT molecular complexity index is 434. The average molecular weight is 235 g/mol. The molecule has 0 bridgehead atoms. The Hall–Kier alpha value is -1.85. The van der Waals surface area contributed by atoms with Crippen LogP contribution in [0.5, 0.6) is 0 Å². The minimum atomic E-state index is -0.304. The van der Waals surface area contributed by atoms with Crippen molar-refractivity contribution in [3.05, 3.63) is 11.8 Å². The summed E-state index contributed by atoms with van der Waals surface area (Å²) in [6.07, 6.45) is 4.50. The molecule has 1 fully saturated rings. The van der Waals surface area contributed by atoms with Gasteiger partial charge in [0, 0.05) is 18.3 Å². The minimum Gasteiger partial charge on any atom is -0.368 e. The predicted octanol–water partition coefficient (Wildman–Crippen LogP) is 0.211. The van der Waals surface area contributed by atoms with E-state index in [0.29, 0.717) is 0 Å². The van der Waals surface area contributed by atoms with Crippen LogP contribution in [0, 0.1) is 6.92 Å². The number of amides is 1. The van der Waals surface area contributed by atoms with Gasteiger partial charge in [-0.2, -0.15) is 4.98 Å². The maximum atomic E-state index is 11.4. The first-order valence-electron chi connectivity index (χ1n) is 5.74. The second-order valence-electron chi connectivity index (χ2n) is 4.34. The fourth-order valence-corrected chi connectivity index (χ4v) is 2.22. The number of aromatic nitrogens is 2. The molecule has 1 aromatic rings. The van der Waals surface area contributed by atoms with Crippen LogP contribution < -0.4 is 16.4 Å².